The highest BCUT2D eigenvalue weighted by Gasteiger charge is 2.86. The van der Waals surface area contributed by atoms with Gasteiger partial charge in [-0.05, 0) is 41.9 Å². The Kier molecular flexibility index (Phi) is 0.470. The molecule has 0 saturated heterocycles. The van der Waals surface area contributed by atoms with Crippen LogP contribution < -0.4 is 0 Å². The van der Waals surface area contributed by atoms with Crippen LogP contribution in [0.15, 0.2) is 0 Å². The lowest BCUT2D eigenvalue weighted by Gasteiger charge is -2.30. The van der Waals surface area contributed by atoms with Crippen LogP contribution in [-0.2, 0) is 0 Å². The molecule has 0 amide bonds. The van der Waals surface area contributed by atoms with Crippen molar-refractivity contribution in [2.75, 3.05) is 0 Å². The van der Waals surface area contributed by atoms with Gasteiger partial charge >= 0.3 is 0 Å². The molecule has 0 spiro atoms. The molecule has 0 aromatic carbocycles. The zero-order valence-corrected chi connectivity index (χ0v) is 6.28. The average molecular weight is 122 g/mol. The zero-order chi connectivity index (χ0) is 6.28. The van der Waals surface area contributed by atoms with Crippen molar-refractivity contribution in [1.29, 1.82) is 0 Å². The summed E-state index contributed by atoms with van der Waals surface area (Å²) < 4.78 is 0. The van der Waals surface area contributed by atoms with Gasteiger partial charge in [-0.3, -0.25) is 0 Å². The van der Waals surface area contributed by atoms with E-state index in [0.717, 1.165) is 10.8 Å². The fourth-order valence-corrected chi connectivity index (χ4v) is 3.76. The summed E-state index contributed by atoms with van der Waals surface area (Å²) in [5.41, 5.74) is 1.81. The average Bonchev–Trinajstić information content (AvgIpc) is 2.65. The molecule has 3 saturated carbocycles. The van der Waals surface area contributed by atoms with Gasteiger partial charge in [0.25, 0.3) is 0 Å². The van der Waals surface area contributed by atoms with E-state index in [9.17, 15) is 0 Å². The second-order valence-corrected chi connectivity index (χ2v) is 4.61. The highest BCUT2D eigenvalue weighted by molar-refractivity contribution is 5.34. The number of rotatable bonds is 1. The predicted octanol–water partition coefficient (Wildman–Crippen LogP) is 2.44. The predicted molar refractivity (Wildman–Crippen MR) is 37.0 cm³/mol. The fourth-order valence-electron chi connectivity index (χ4n) is 3.76. The Morgan fingerprint density at radius 1 is 1.33 bits per heavy atom. The molecule has 0 nitrogen and oxygen atoms in total. The van der Waals surface area contributed by atoms with Crippen LogP contribution in [0.1, 0.15) is 33.1 Å². The molecule has 50 valence electrons. The van der Waals surface area contributed by atoms with Gasteiger partial charge in [0, 0.05) is 0 Å². The van der Waals surface area contributed by atoms with E-state index in [2.05, 4.69) is 13.8 Å². The van der Waals surface area contributed by atoms with Gasteiger partial charge in [0.15, 0.2) is 0 Å². The van der Waals surface area contributed by atoms with Crippen LogP contribution in [0.5, 0.6) is 0 Å². The van der Waals surface area contributed by atoms with Crippen LogP contribution in [0, 0.1) is 22.7 Å². The molecule has 0 heteroatoms. The first kappa shape index (κ1) is 4.76. The molecular formula is C9H14. The molecule has 3 fully saturated rings. The summed E-state index contributed by atoms with van der Waals surface area (Å²) in [6, 6.07) is 0. The third kappa shape index (κ3) is 0.264. The molecule has 3 rings (SSSR count). The smallest absolute Gasteiger partial charge is 0.0229 e. The molecule has 0 bridgehead atoms. The van der Waals surface area contributed by atoms with E-state index < -0.39 is 0 Å². The Morgan fingerprint density at radius 2 is 2.00 bits per heavy atom. The fraction of sp³-hybridized carbons (Fsp3) is 1.00. The van der Waals surface area contributed by atoms with Crippen LogP contribution >= 0.6 is 0 Å². The molecule has 0 aliphatic heterocycles. The standard InChI is InChI=1S/C9H14/c1-3-9-5-7(9)8(2)4-6(8)9/h6-7H,3-5H2,1-2H3. The Hall–Kier alpha value is 0. The topological polar surface area (TPSA) is 0 Å². The number of hydrogen-bond donors (Lipinski definition) is 0. The minimum atomic E-state index is 0.885. The summed E-state index contributed by atoms with van der Waals surface area (Å²) in [6.45, 7) is 4.86. The van der Waals surface area contributed by atoms with Crippen LogP contribution in [0.2, 0.25) is 0 Å². The summed E-state index contributed by atoms with van der Waals surface area (Å²) in [4.78, 5) is 0. The van der Waals surface area contributed by atoms with E-state index in [4.69, 9.17) is 0 Å². The zero-order valence-electron chi connectivity index (χ0n) is 6.28. The van der Waals surface area contributed by atoms with Gasteiger partial charge in [0.05, 0.1) is 0 Å². The van der Waals surface area contributed by atoms with Crippen molar-refractivity contribution in [3.05, 3.63) is 0 Å². The van der Waals surface area contributed by atoms with Gasteiger partial charge in [0.1, 0.15) is 0 Å². The van der Waals surface area contributed by atoms with E-state index >= 15 is 0 Å². The molecule has 0 N–H and O–H groups in total. The maximum atomic E-state index is 2.49. The van der Waals surface area contributed by atoms with Crippen LogP contribution in [0.4, 0.5) is 0 Å². The molecule has 0 radical (unpaired) electrons. The van der Waals surface area contributed by atoms with Gasteiger partial charge in [-0.25, -0.2) is 0 Å². The lowest BCUT2D eigenvalue weighted by atomic mass is 9.74. The monoisotopic (exact) mass is 122 g/mol. The minimum Gasteiger partial charge on any atom is -0.0648 e. The highest BCUT2D eigenvalue weighted by atomic mass is 14.9. The normalized spacial score (nSPS) is 74.0. The second kappa shape index (κ2) is 0.889. The van der Waals surface area contributed by atoms with E-state index in [1.165, 1.54) is 18.3 Å². The molecule has 0 aromatic heterocycles. The molecule has 3 aliphatic rings. The van der Waals surface area contributed by atoms with Crippen molar-refractivity contribution >= 4 is 0 Å². The summed E-state index contributed by atoms with van der Waals surface area (Å²) in [7, 11) is 0. The van der Waals surface area contributed by atoms with E-state index in [1.807, 2.05) is 0 Å². The Balaban J connectivity index is 1.95. The largest absolute Gasteiger partial charge is 0.0648 e. The van der Waals surface area contributed by atoms with Crippen LogP contribution in [0.25, 0.3) is 0 Å². The lowest BCUT2D eigenvalue weighted by Crippen LogP contribution is -2.25. The maximum absolute atomic E-state index is 2.49. The van der Waals surface area contributed by atoms with Crippen molar-refractivity contribution in [3.8, 4) is 0 Å². The quantitative estimate of drug-likeness (QED) is 0.501. The SMILES string of the molecule is CCC12CC1C1(C)CC12. The van der Waals surface area contributed by atoms with Crippen LogP contribution in [0.3, 0.4) is 0 Å². The van der Waals surface area contributed by atoms with Crippen molar-refractivity contribution in [1.82, 2.24) is 0 Å². The number of fused-ring (bicyclic) bond motifs is 4. The molecule has 0 aromatic rings. The van der Waals surface area contributed by atoms with Crippen molar-refractivity contribution in [2.24, 2.45) is 22.7 Å². The first-order chi connectivity index (χ1) is 4.24. The Labute approximate surface area is 56.6 Å². The van der Waals surface area contributed by atoms with Crippen molar-refractivity contribution in [2.45, 2.75) is 33.1 Å². The van der Waals surface area contributed by atoms with Crippen molar-refractivity contribution in [3.63, 3.8) is 0 Å². The van der Waals surface area contributed by atoms with E-state index in [0.29, 0.717) is 0 Å². The van der Waals surface area contributed by atoms with Gasteiger partial charge in [-0.15, -0.1) is 0 Å². The third-order valence-corrected chi connectivity index (χ3v) is 4.55. The van der Waals surface area contributed by atoms with Gasteiger partial charge in [0.2, 0.25) is 0 Å². The Bertz CT molecular complexity index is 174. The summed E-state index contributed by atoms with van der Waals surface area (Å²) in [5, 5.41) is 0. The molecule has 0 heterocycles. The molecule has 4 atom stereocenters. The lowest BCUT2D eigenvalue weighted by molar-refractivity contribution is 0.176. The molecule has 9 heavy (non-hydrogen) atoms. The minimum absolute atomic E-state index is 0.885. The second-order valence-electron chi connectivity index (χ2n) is 4.61. The highest BCUT2D eigenvalue weighted by Crippen LogP contribution is 2.93. The van der Waals surface area contributed by atoms with E-state index in [1.54, 1.807) is 12.8 Å². The first-order valence-electron chi connectivity index (χ1n) is 4.24. The van der Waals surface area contributed by atoms with Crippen LogP contribution in [-0.4, -0.2) is 0 Å². The molecule has 3 aliphatic carbocycles. The van der Waals surface area contributed by atoms with Gasteiger partial charge in [-0.1, -0.05) is 13.8 Å². The number of hydrogen-bond acceptors (Lipinski definition) is 0. The first-order valence-corrected chi connectivity index (χ1v) is 4.24. The van der Waals surface area contributed by atoms with Crippen molar-refractivity contribution < 1.29 is 0 Å². The molecule has 4 unspecified atom stereocenters. The van der Waals surface area contributed by atoms with Gasteiger partial charge < -0.3 is 0 Å². The third-order valence-electron chi connectivity index (χ3n) is 4.55. The van der Waals surface area contributed by atoms with E-state index in [-0.39, 0.29) is 0 Å². The van der Waals surface area contributed by atoms with Gasteiger partial charge in [-0.2, -0.15) is 0 Å². The summed E-state index contributed by atoms with van der Waals surface area (Å²) in [5.74, 6) is 2.36. The maximum Gasteiger partial charge on any atom is -0.0229 e. The summed E-state index contributed by atoms with van der Waals surface area (Å²) >= 11 is 0. The Morgan fingerprint density at radius 3 is 2.22 bits per heavy atom. The molecular weight excluding hydrogens is 108 g/mol. The summed E-state index contributed by atoms with van der Waals surface area (Å²) in [6.07, 6.45) is 4.63.